The molecule has 0 aliphatic carbocycles. The summed E-state index contributed by atoms with van der Waals surface area (Å²) in [5, 5.41) is 0. The first-order valence-electron chi connectivity index (χ1n) is 5.51. The molecule has 1 atom stereocenters. The molecule has 2 heteroatoms. The average Bonchev–Trinajstić information content (AvgIpc) is 2.27. The van der Waals surface area contributed by atoms with Gasteiger partial charge in [-0.25, -0.2) is 0 Å². The molecule has 0 saturated carbocycles. The van der Waals surface area contributed by atoms with Crippen LogP contribution in [0.1, 0.15) is 26.3 Å². The van der Waals surface area contributed by atoms with Gasteiger partial charge in [-0.15, -0.1) is 0 Å². The van der Waals surface area contributed by atoms with Crippen molar-refractivity contribution in [1.82, 2.24) is 0 Å². The zero-order chi connectivity index (χ0) is 11.8. The molecular weight excluding hydrogens is 263 g/mol. The van der Waals surface area contributed by atoms with E-state index in [0.717, 1.165) is 0 Å². The number of rotatable bonds is 1. The van der Waals surface area contributed by atoms with Gasteiger partial charge in [-0.05, 0) is 0 Å². The van der Waals surface area contributed by atoms with Gasteiger partial charge in [0.05, 0.1) is 0 Å². The molecule has 2 rings (SSSR count). The predicted octanol–water partition coefficient (Wildman–Crippen LogP) is 2.43. The Kier molecular flexibility index (Phi) is 3.00. The summed E-state index contributed by atoms with van der Waals surface area (Å²) in [5.41, 5.74) is 1.48. The van der Waals surface area contributed by atoms with Gasteiger partial charge in [0.1, 0.15) is 0 Å². The fraction of sp³-hybridized carbons (Fsp3) is 0.429. The topological polar surface area (TPSA) is 9.23 Å². The summed E-state index contributed by atoms with van der Waals surface area (Å²) in [4.78, 5) is 0. The molecule has 0 spiro atoms. The molecule has 1 nitrogen and oxygen atoms in total. The Morgan fingerprint density at radius 3 is 2.50 bits per heavy atom. The Morgan fingerprint density at radius 1 is 1.19 bits per heavy atom. The zero-order valence-corrected chi connectivity index (χ0v) is 12.0. The molecule has 0 bridgehead atoms. The van der Waals surface area contributed by atoms with Gasteiger partial charge < -0.3 is 0 Å². The van der Waals surface area contributed by atoms with E-state index in [-0.39, 0.29) is 9.91 Å². The van der Waals surface area contributed by atoms with Crippen LogP contribution < -0.4 is 4.46 Å². The number of fused-ring (bicyclic) bond motifs is 1. The Labute approximate surface area is 104 Å². The van der Waals surface area contributed by atoms with E-state index in [1.165, 1.54) is 10.0 Å². The molecule has 0 radical (unpaired) electrons. The number of ether oxygens (including phenoxy) is 1. The zero-order valence-electron chi connectivity index (χ0n) is 10.3. The minimum atomic E-state index is -0.117. The average molecular weight is 281 g/mol. The summed E-state index contributed by atoms with van der Waals surface area (Å²) in [6.07, 6.45) is 4.45. The molecule has 0 N–H and O–H groups in total. The fourth-order valence-electron chi connectivity index (χ4n) is 1.93. The van der Waals surface area contributed by atoms with E-state index in [1.54, 1.807) is 0 Å². The van der Waals surface area contributed by atoms with Crippen LogP contribution in [0.2, 0.25) is 0 Å². The van der Waals surface area contributed by atoms with Crippen molar-refractivity contribution in [2.75, 3.05) is 7.11 Å². The summed E-state index contributed by atoms with van der Waals surface area (Å²) in [7, 11) is 1.82. The summed E-state index contributed by atoms with van der Waals surface area (Å²) < 4.78 is 7.16. The molecule has 1 aromatic rings. The number of hydrogen-bond acceptors (Lipinski definition) is 1. The van der Waals surface area contributed by atoms with Crippen LogP contribution in [0.15, 0.2) is 30.3 Å². The molecule has 16 heavy (non-hydrogen) atoms. The first-order chi connectivity index (χ1) is 7.48. The summed E-state index contributed by atoms with van der Waals surface area (Å²) in [5.74, 6) is 0. The maximum atomic E-state index is 5.84. The van der Waals surface area contributed by atoms with E-state index in [2.05, 4.69) is 57.2 Å². The number of benzene rings is 1. The van der Waals surface area contributed by atoms with E-state index in [4.69, 9.17) is 4.74 Å². The van der Waals surface area contributed by atoms with Gasteiger partial charge in [-0.1, -0.05) is 0 Å². The second-order valence-corrected chi connectivity index (χ2v) is 7.72. The van der Waals surface area contributed by atoms with Crippen molar-refractivity contribution in [1.29, 1.82) is 0 Å². The number of hydrogen-bond donors (Lipinski definition) is 0. The van der Waals surface area contributed by atoms with Gasteiger partial charge in [0.2, 0.25) is 0 Å². The van der Waals surface area contributed by atoms with Crippen LogP contribution in [0.25, 0.3) is 6.08 Å². The van der Waals surface area contributed by atoms with Gasteiger partial charge in [-0.3, -0.25) is 0 Å². The Balaban J connectivity index is 2.44. The number of methoxy groups -OCH3 is 1. The summed E-state index contributed by atoms with van der Waals surface area (Å²) >= 11 is 0.325. The van der Waals surface area contributed by atoms with Crippen molar-refractivity contribution in [3.63, 3.8) is 0 Å². The molecule has 0 fully saturated rings. The van der Waals surface area contributed by atoms with Crippen molar-refractivity contribution in [2.24, 2.45) is 5.41 Å². The third kappa shape index (κ3) is 1.86. The molecule has 0 aromatic heterocycles. The molecule has 1 aliphatic heterocycles. The van der Waals surface area contributed by atoms with Crippen LogP contribution in [0, 0.1) is 5.41 Å². The van der Waals surface area contributed by atoms with Crippen molar-refractivity contribution in [3.8, 4) is 0 Å². The van der Waals surface area contributed by atoms with Crippen molar-refractivity contribution < 1.29 is 4.74 Å². The summed E-state index contributed by atoms with van der Waals surface area (Å²) in [6.45, 7) is 6.74. The van der Waals surface area contributed by atoms with E-state index in [9.17, 15) is 0 Å². The van der Waals surface area contributed by atoms with Crippen LogP contribution in [-0.2, 0) is 4.74 Å². The molecule has 1 unspecified atom stereocenters. The third-order valence-electron chi connectivity index (χ3n) is 3.01. The second kappa shape index (κ2) is 4.03. The van der Waals surface area contributed by atoms with Gasteiger partial charge in [-0.2, -0.15) is 0 Å². The standard InChI is InChI=1S/C14H18OSe/c1-13(2,3)14(15-4)10-9-11-7-5-6-8-12(11)16-14/h5-10H,1-4H3. The summed E-state index contributed by atoms with van der Waals surface area (Å²) in [6, 6.07) is 8.60. The Bertz CT molecular complexity index is 417. The normalized spacial score (nSPS) is 24.2. The Hall–Kier alpha value is -0.561. The second-order valence-electron chi connectivity index (χ2n) is 5.09. The third-order valence-corrected chi connectivity index (χ3v) is 6.81. The van der Waals surface area contributed by atoms with Crippen LogP contribution in [-0.4, -0.2) is 26.6 Å². The maximum absolute atomic E-state index is 5.84. The molecule has 1 aromatic carbocycles. The van der Waals surface area contributed by atoms with Crippen LogP contribution >= 0.6 is 0 Å². The molecule has 86 valence electrons. The van der Waals surface area contributed by atoms with Crippen LogP contribution in [0.5, 0.6) is 0 Å². The van der Waals surface area contributed by atoms with Gasteiger partial charge in [0.25, 0.3) is 0 Å². The van der Waals surface area contributed by atoms with Crippen molar-refractivity contribution in [2.45, 2.75) is 25.3 Å². The first kappa shape index (κ1) is 11.9. The monoisotopic (exact) mass is 282 g/mol. The van der Waals surface area contributed by atoms with E-state index in [0.29, 0.717) is 15.0 Å². The van der Waals surface area contributed by atoms with Crippen molar-refractivity contribution in [3.05, 3.63) is 35.9 Å². The van der Waals surface area contributed by atoms with Gasteiger partial charge in [0, 0.05) is 0 Å². The Morgan fingerprint density at radius 2 is 1.88 bits per heavy atom. The van der Waals surface area contributed by atoms with E-state index >= 15 is 0 Å². The predicted molar refractivity (Wildman–Crippen MR) is 70.1 cm³/mol. The van der Waals surface area contributed by atoms with Gasteiger partial charge in [0.15, 0.2) is 0 Å². The quantitative estimate of drug-likeness (QED) is 0.718. The SMILES string of the molecule is COC1(C(C)(C)C)C=Cc2ccccc2[Se]1. The molecule has 0 saturated heterocycles. The van der Waals surface area contributed by atoms with Gasteiger partial charge >= 0.3 is 104 Å². The molecule has 0 amide bonds. The van der Waals surface area contributed by atoms with E-state index < -0.39 is 0 Å². The molecule has 1 aliphatic rings. The first-order valence-corrected chi connectivity index (χ1v) is 7.22. The molecule has 1 heterocycles. The van der Waals surface area contributed by atoms with Crippen molar-refractivity contribution >= 4 is 25.5 Å². The minimum absolute atomic E-state index is 0.117. The van der Waals surface area contributed by atoms with E-state index in [1.807, 2.05) is 7.11 Å². The van der Waals surface area contributed by atoms with Crippen LogP contribution in [0.3, 0.4) is 0 Å². The van der Waals surface area contributed by atoms with Crippen LogP contribution in [0.4, 0.5) is 0 Å². The molecular formula is C14H18OSe. The fourth-order valence-corrected chi connectivity index (χ4v) is 4.56.